The number of hydrogen-bond donors (Lipinski definition) is 2. The number of aromatic amines is 1. The van der Waals surface area contributed by atoms with Gasteiger partial charge < -0.3 is 19.6 Å². The van der Waals surface area contributed by atoms with Crippen molar-refractivity contribution in [2.24, 2.45) is 0 Å². The molecule has 0 amide bonds. The van der Waals surface area contributed by atoms with Crippen LogP contribution in [0.15, 0.2) is 16.7 Å². The quantitative estimate of drug-likeness (QED) is 0.379. The first-order chi connectivity index (χ1) is 15.8. The maximum absolute atomic E-state index is 5.79. The van der Waals surface area contributed by atoms with Gasteiger partial charge in [-0.1, -0.05) is 5.16 Å². The smallest absolute Gasteiger partial charge is 0.145 e. The van der Waals surface area contributed by atoms with Gasteiger partial charge in [-0.2, -0.15) is 5.10 Å². The van der Waals surface area contributed by atoms with E-state index < -0.39 is 0 Å². The number of aryl methyl sites for hydroxylation is 5. The predicted octanol–water partition coefficient (Wildman–Crippen LogP) is 5.28. The molecule has 0 fully saturated rings. The van der Waals surface area contributed by atoms with Crippen LogP contribution < -0.4 is 10.1 Å². The molecule has 170 valence electrons. The van der Waals surface area contributed by atoms with Crippen LogP contribution in [-0.4, -0.2) is 37.0 Å². The van der Waals surface area contributed by atoms with E-state index in [2.05, 4.69) is 45.5 Å². The van der Waals surface area contributed by atoms with Gasteiger partial charge in [0.2, 0.25) is 0 Å². The summed E-state index contributed by atoms with van der Waals surface area (Å²) in [4.78, 5) is 12.9. The standard InChI is InChI=1S/C24H27N7O2/c1-8-31-24(11(2)12(3)29-31)28-23-21-16-10-19(32-7)17(20-13(4)30-33-14(20)5)9-18(16)27-22(21)25-15(6)26-23/h9-10H,8H2,1-7H3,(H2,25,26,27,28). The maximum Gasteiger partial charge on any atom is 0.145 e. The molecule has 9 nitrogen and oxygen atoms in total. The molecule has 0 saturated heterocycles. The van der Waals surface area contributed by atoms with Crippen LogP contribution in [0.2, 0.25) is 0 Å². The number of ether oxygens (including phenoxy) is 1. The average molecular weight is 446 g/mol. The first-order valence-corrected chi connectivity index (χ1v) is 10.9. The third kappa shape index (κ3) is 3.23. The molecule has 0 unspecified atom stereocenters. The molecular formula is C24H27N7O2. The van der Waals surface area contributed by atoms with Crippen LogP contribution in [0, 0.1) is 34.6 Å². The molecule has 5 rings (SSSR count). The molecule has 0 radical (unpaired) electrons. The highest BCUT2D eigenvalue weighted by Crippen LogP contribution is 2.41. The van der Waals surface area contributed by atoms with Gasteiger partial charge in [-0.05, 0) is 53.7 Å². The number of fused-ring (bicyclic) bond motifs is 3. The Hall–Kier alpha value is -3.88. The topological polar surface area (TPSA) is 107 Å². The second-order valence-electron chi connectivity index (χ2n) is 8.27. The molecule has 0 saturated carbocycles. The Morgan fingerprint density at radius 1 is 1.09 bits per heavy atom. The van der Waals surface area contributed by atoms with Gasteiger partial charge in [0.25, 0.3) is 0 Å². The highest BCUT2D eigenvalue weighted by atomic mass is 16.5. The van der Waals surface area contributed by atoms with Crippen LogP contribution in [0.3, 0.4) is 0 Å². The fraction of sp³-hybridized carbons (Fsp3) is 0.333. The molecule has 1 aromatic carbocycles. The van der Waals surface area contributed by atoms with Gasteiger partial charge in [0, 0.05) is 28.6 Å². The van der Waals surface area contributed by atoms with Gasteiger partial charge in [0.15, 0.2) is 0 Å². The zero-order valence-corrected chi connectivity index (χ0v) is 19.9. The molecule has 0 aliphatic rings. The van der Waals surface area contributed by atoms with Crippen molar-refractivity contribution in [2.45, 2.75) is 48.1 Å². The van der Waals surface area contributed by atoms with E-state index in [0.717, 1.165) is 79.7 Å². The van der Waals surface area contributed by atoms with E-state index >= 15 is 0 Å². The Balaban J connectivity index is 1.77. The second kappa shape index (κ2) is 7.61. The van der Waals surface area contributed by atoms with Crippen molar-refractivity contribution in [1.82, 2.24) is 29.9 Å². The van der Waals surface area contributed by atoms with Gasteiger partial charge in [0.05, 0.1) is 29.4 Å². The number of anilines is 2. The summed E-state index contributed by atoms with van der Waals surface area (Å²) in [6.45, 7) is 12.6. The summed E-state index contributed by atoms with van der Waals surface area (Å²) in [5.74, 6) is 3.82. The SMILES string of the molecule is CCn1nc(C)c(C)c1Nc1nc(C)nc2[nH]c3cc(-c4c(C)noc4C)c(OC)cc3c12. The number of aromatic nitrogens is 6. The minimum Gasteiger partial charge on any atom is -0.496 e. The van der Waals surface area contributed by atoms with E-state index in [9.17, 15) is 0 Å². The van der Waals surface area contributed by atoms with Crippen LogP contribution >= 0.6 is 0 Å². The van der Waals surface area contributed by atoms with Gasteiger partial charge in [-0.25, -0.2) is 14.6 Å². The van der Waals surface area contributed by atoms with E-state index in [4.69, 9.17) is 14.2 Å². The molecule has 0 spiro atoms. The summed E-state index contributed by atoms with van der Waals surface area (Å²) in [5.41, 5.74) is 6.45. The Morgan fingerprint density at radius 2 is 1.88 bits per heavy atom. The molecule has 9 heteroatoms. The summed E-state index contributed by atoms with van der Waals surface area (Å²) in [6.07, 6.45) is 0. The van der Waals surface area contributed by atoms with Crippen molar-refractivity contribution >= 4 is 33.6 Å². The van der Waals surface area contributed by atoms with E-state index in [0.29, 0.717) is 5.82 Å². The van der Waals surface area contributed by atoms with Crippen LogP contribution in [-0.2, 0) is 6.54 Å². The van der Waals surface area contributed by atoms with Crippen LogP contribution in [0.1, 0.15) is 35.5 Å². The Morgan fingerprint density at radius 3 is 2.55 bits per heavy atom. The van der Waals surface area contributed by atoms with Crippen molar-refractivity contribution in [3.63, 3.8) is 0 Å². The molecule has 0 atom stereocenters. The zero-order chi connectivity index (χ0) is 23.4. The lowest BCUT2D eigenvalue weighted by Gasteiger charge is -2.12. The number of hydrogen-bond acceptors (Lipinski definition) is 7. The highest BCUT2D eigenvalue weighted by molar-refractivity contribution is 6.13. The lowest BCUT2D eigenvalue weighted by Crippen LogP contribution is -2.06. The second-order valence-corrected chi connectivity index (χ2v) is 8.27. The van der Waals surface area contributed by atoms with Gasteiger partial charge in [0.1, 0.15) is 34.6 Å². The van der Waals surface area contributed by atoms with E-state index in [1.165, 1.54) is 0 Å². The first kappa shape index (κ1) is 21.0. The van der Waals surface area contributed by atoms with Crippen molar-refractivity contribution in [3.8, 4) is 16.9 Å². The van der Waals surface area contributed by atoms with Crippen LogP contribution in [0.25, 0.3) is 33.1 Å². The third-order valence-electron chi connectivity index (χ3n) is 6.15. The molecule has 0 bridgehead atoms. The average Bonchev–Trinajstić information content (AvgIpc) is 3.40. The monoisotopic (exact) mass is 445 g/mol. The zero-order valence-electron chi connectivity index (χ0n) is 19.9. The van der Waals surface area contributed by atoms with Crippen molar-refractivity contribution in [2.75, 3.05) is 12.4 Å². The van der Waals surface area contributed by atoms with E-state index in [1.54, 1.807) is 7.11 Å². The molecule has 0 aliphatic heterocycles. The summed E-state index contributed by atoms with van der Waals surface area (Å²) < 4.78 is 13.1. The number of nitrogens with one attached hydrogen (secondary N) is 2. The largest absolute Gasteiger partial charge is 0.496 e. The van der Waals surface area contributed by atoms with Crippen LogP contribution in [0.5, 0.6) is 5.75 Å². The van der Waals surface area contributed by atoms with E-state index in [1.807, 2.05) is 38.4 Å². The molecule has 2 N–H and O–H groups in total. The number of H-pyrrole nitrogens is 1. The predicted molar refractivity (Wildman–Crippen MR) is 128 cm³/mol. The maximum atomic E-state index is 5.79. The summed E-state index contributed by atoms with van der Waals surface area (Å²) >= 11 is 0. The minimum absolute atomic E-state index is 0.673. The minimum atomic E-state index is 0.673. The molecule has 0 aliphatic carbocycles. The number of nitrogens with zero attached hydrogens (tertiary/aromatic N) is 5. The fourth-order valence-electron chi connectivity index (χ4n) is 4.43. The normalized spacial score (nSPS) is 11.6. The van der Waals surface area contributed by atoms with Crippen molar-refractivity contribution < 1.29 is 9.26 Å². The Labute approximate surface area is 191 Å². The van der Waals surface area contributed by atoms with Gasteiger partial charge >= 0.3 is 0 Å². The van der Waals surface area contributed by atoms with Crippen molar-refractivity contribution in [1.29, 1.82) is 0 Å². The highest BCUT2D eigenvalue weighted by Gasteiger charge is 2.21. The Bertz CT molecular complexity index is 1500. The van der Waals surface area contributed by atoms with E-state index in [-0.39, 0.29) is 0 Å². The molecular weight excluding hydrogens is 418 g/mol. The number of methoxy groups -OCH3 is 1. The lowest BCUT2D eigenvalue weighted by atomic mass is 10.0. The summed E-state index contributed by atoms with van der Waals surface area (Å²) in [7, 11) is 1.67. The molecule has 5 aromatic rings. The molecule has 4 heterocycles. The van der Waals surface area contributed by atoms with Crippen molar-refractivity contribution in [3.05, 3.63) is 40.7 Å². The lowest BCUT2D eigenvalue weighted by molar-refractivity contribution is 0.393. The molecule has 4 aromatic heterocycles. The number of rotatable bonds is 5. The first-order valence-electron chi connectivity index (χ1n) is 10.9. The van der Waals surface area contributed by atoms with Gasteiger partial charge in [-0.3, -0.25) is 0 Å². The van der Waals surface area contributed by atoms with Crippen LogP contribution in [0.4, 0.5) is 11.6 Å². The third-order valence-corrected chi connectivity index (χ3v) is 6.15. The summed E-state index contributed by atoms with van der Waals surface area (Å²) in [6, 6.07) is 4.08. The fourth-order valence-corrected chi connectivity index (χ4v) is 4.43. The number of benzene rings is 1. The Kier molecular flexibility index (Phi) is 4.84. The summed E-state index contributed by atoms with van der Waals surface area (Å²) in [5, 5.41) is 14.1. The van der Waals surface area contributed by atoms with Gasteiger partial charge in [-0.15, -0.1) is 0 Å². The molecule has 33 heavy (non-hydrogen) atoms.